The molecule has 0 aliphatic heterocycles. The third-order valence-electron chi connectivity index (χ3n) is 4.06. The minimum absolute atomic E-state index is 0.274. The summed E-state index contributed by atoms with van der Waals surface area (Å²) in [6, 6.07) is 16.9. The van der Waals surface area contributed by atoms with Gasteiger partial charge in [-0.05, 0) is 34.0 Å². The van der Waals surface area contributed by atoms with Crippen molar-refractivity contribution < 1.29 is 9.59 Å². The average Bonchev–Trinajstić information content (AvgIpc) is 2.56. The molecule has 0 unspecified atom stereocenters. The van der Waals surface area contributed by atoms with Crippen LogP contribution in [-0.2, 0) is 4.79 Å². The monoisotopic (exact) mass is 306 g/mol. The van der Waals surface area contributed by atoms with Crippen LogP contribution in [0.1, 0.15) is 23.7 Å². The molecule has 1 atom stereocenters. The number of carbonyl (C=O) groups is 2. The number of primary amides is 1. The van der Waals surface area contributed by atoms with Crippen LogP contribution < -0.4 is 11.1 Å². The summed E-state index contributed by atoms with van der Waals surface area (Å²) in [6.45, 7) is 1.82. The van der Waals surface area contributed by atoms with E-state index >= 15 is 0 Å². The maximum atomic E-state index is 12.8. The summed E-state index contributed by atoms with van der Waals surface area (Å²) in [5.74, 6) is -0.797. The molecule has 0 aliphatic rings. The van der Waals surface area contributed by atoms with Gasteiger partial charge < -0.3 is 11.1 Å². The highest BCUT2D eigenvalue weighted by Crippen LogP contribution is 2.28. The molecule has 0 spiro atoms. The predicted molar refractivity (Wildman–Crippen MR) is 92.2 cm³/mol. The Morgan fingerprint density at radius 3 is 2.00 bits per heavy atom. The minimum Gasteiger partial charge on any atom is -0.368 e. The summed E-state index contributed by atoms with van der Waals surface area (Å²) in [7, 11) is 0. The number of carbonyl (C=O) groups excluding carboxylic acids is 2. The van der Waals surface area contributed by atoms with E-state index in [1.165, 1.54) is 0 Å². The molecule has 0 aromatic heterocycles. The Bertz CT molecular complexity index is 848. The molecule has 116 valence electrons. The molecule has 3 N–H and O–H groups in total. The van der Waals surface area contributed by atoms with E-state index in [4.69, 9.17) is 5.73 Å². The lowest BCUT2D eigenvalue weighted by atomic mass is 9.96. The van der Waals surface area contributed by atoms with Crippen LogP contribution in [0.3, 0.4) is 0 Å². The topological polar surface area (TPSA) is 72.2 Å². The summed E-state index contributed by atoms with van der Waals surface area (Å²) in [5, 5.41) is 6.46. The maximum Gasteiger partial charge on any atom is 0.253 e. The lowest BCUT2D eigenvalue weighted by Gasteiger charge is -2.16. The van der Waals surface area contributed by atoms with Crippen molar-refractivity contribution in [1.82, 2.24) is 5.32 Å². The molecule has 0 fully saturated rings. The summed E-state index contributed by atoms with van der Waals surface area (Å²) in [5.41, 5.74) is 5.93. The second-order valence-corrected chi connectivity index (χ2v) is 5.53. The zero-order valence-corrected chi connectivity index (χ0v) is 12.9. The van der Waals surface area contributed by atoms with Crippen molar-refractivity contribution in [2.45, 2.75) is 19.4 Å². The molecule has 3 aromatic carbocycles. The van der Waals surface area contributed by atoms with Crippen LogP contribution in [0.15, 0.2) is 54.6 Å². The van der Waals surface area contributed by atoms with Gasteiger partial charge in [-0.2, -0.15) is 0 Å². The zero-order valence-electron chi connectivity index (χ0n) is 12.9. The molecular formula is C19H18N2O2. The lowest BCUT2D eigenvalue weighted by Crippen LogP contribution is -2.44. The van der Waals surface area contributed by atoms with Gasteiger partial charge in [0.15, 0.2) is 0 Å². The van der Waals surface area contributed by atoms with Crippen LogP contribution in [0, 0.1) is 0 Å². The van der Waals surface area contributed by atoms with Gasteiger partial charge in [-0.15, -0.1) is 0 Å². The van der Waals surface area contributed by atoms with Crippen molar-refractivity contribution in [3.05, 3.63) is 60.2 Å². The first-order valence-corrected chi connectivity index (χ1v) is 7.62. The van der Waals surface area contributed by atoms with Gasteiger partial charge in [-0.25, -0.2) is 0 Å². The van der Waals surface area contributed by atoms with Crippen molar-refractivity contribution in [3.8, 4) is 0 Å². The van der Waals surface area contributed by atoms with E-state index in [1.54, 1.807) is 0 Å². The Kier molecular flexibility index (Phi) is 3.98. The van der Waals surface area contributed by atoms with E-state index in [0.717, 1.165) is 21.5 Å². The number of nitrogens with one attached hydrogen (secondary N) is 1. The SMILES string of the molecule is CC[C@H](NC(=O)c1c2ccccc2cc2ccccc12)C(N)=O. The smallest absolute Gasteiger partial charge is 0.253 e. The Balaban J connectivity index is 2.20. The second-order valence-electron chi connectivity index (χ2n) is 5.53. The normalized spacial score (nSPS) is 12.2. The van der Waals surface area contributed by atoms with Crippen molar-refractivity contribution in [2.24, 2.45) is 5.73 Å². The highest BCUT2D eigenvalue weighted by molar-refractivity contribution is 6.18. The molecule has 3 rings (SSSR count). The van der Waals surface area contributed by atoms with Gasteiger partial charge in [0, 0.05) is 0 Å². The largest absolute Gasteiger partial charge is 0.368 e. The van der Waals surface area contributed by atoms with E-state index in [-0.39, 0.29) is 5.91 Å². The number of fused-ring (bicyclic) bond motifs is 2. The minimum atomic E-state index is -0.666. The molecule has 4 heteroatoms. The van der Waals surface area contributed by atoms with Crippen LogP contribution in [0.25, 0.3) is 21.5 Å². The van der Waals surface area contributed by atoms with Gasteiger partial charge in [-0.3, -0.25) is 9.59 Å². The van der Waals surface area contributed by atoms with Gasteiger partial charge >= 0.3 is 0 Å². The molecule has 3 aromatic rings. The Morgan fingerprint density at radius 2 is 1.52 bits per heavy atom. The van der Waals surface area contributed by atoms with Crippen molar-refractivity contribution in [3.63, 3.8) is 0 Å². The fraction of sp³-hybridized carbons (Fsp3) is 0.158. The molecule has 0 aliphatic carbocycles. The first kappa shape index (κ1) is 15.0. The lowest BCUT2D eigenvalue weighted by molar-refractivity contribution is -0.119. The van der Waals surface area contributed by atoms with E-state index < -0.39 is 11.9 Å². The average molecular weight is 306 g/mol. The van der Waals surface area contributed by atoms with E-state index in [1.807, 2.05) is 55.5 Å². The Labute approximate surface area is 134 Å². The Morgan fingerprint density at radius 1 is 1.00 bits per heavy atom. The third kappa shape index (κ3) is 2.75. The first-order chi connectivity index (χ1) is 11.1. The fourth-order valence-electron chi connectivity index (χ4n) is 2.86. The van der Waals surface area contributed by atoms with Crippen LogP contribution in [-0.4, -0.2) is 17.9 Å². The van der Waals surface area contributed by atoms with Crippen LogP contribution >= 0.6 is 0 Å². The van der Waals surface area contributed by atoms with Crippen molar-refractivity contribution >= 4 is 33.4 Å². The van der Waals surface area contributed by atoms with E-state index in [9.17, 15) is 9.59 Å². The number of hydrogen-bond donors (Lipinski definition) is 2. The standard InChI is InChI=1S/C19H18N2O2/c1-2-16(18(20)22)21-19(23)17-14-9-5-3-7-12(14)11-13-8-4-6-10-15(13)17/h3-11,16H,2H2,1H3,(H2,20,22)(H,21,23)/t16-/m0/s1. The van der Waals surface area contributed by atoms with Crippen molar-refractivity contribution in [1.29, 1.82) is 0 Å². The van der Waals surface area contributed by atoms with Gasteiger partial charge in [0.1, 0.15) is 6.04 Å². The number of hydrogen-bond acceptors (Lipinski definition) is 2. The van der Waals surface area contributed by atoms with Gasteiger partial charge in [-0.1, -0.05) is 55.5 Å². The van der Waals surface area contributed by atoms with Gasteiger partial charge in [0.2, 0.25) is 5.91 Å². The highest BCUT2D eigenvalue weighted by Gasteiger charge is 2.20. The number of rotatable bonds is 4. The van der Waals surface area contributed by atoms with Gasteiger partial charge in [0.25, 0.3) is 5.91 Å². The molecule has 0 bridgehead atoms. The summed E-state index contributed by atoms with van der Waals surface area (Å²) >= 11 is 0. The number of benzene rings is 3. The summed E-state index contributed by atoms with van der Waals surface area (Å²) in [6.07, 6.45) is 0.462. The summed E-state index contributed by atoms with van der Waals surface area (Å²) in [4.78, 5) is 24.3. The third-order valence-corrected chi connectivity index (χ3v) is 4.06. The fourth-order valence-corrected chi connectivity index (χ4v) is 2.86. The zero-order chi connectivity index (χ0) is 16.4. The van der Waals surface area contributed by atoms with Crippen LogP contribution in [0.5, 0.6) is 0 Å². The first-order valence-electron chi connectivity index (χ1n) is 7.62. The van der Waals surface area contributed by atoms with E-state index in [0.29, 0.717) is 12.0 Å². The number of amides is 2. The molecule has 0 saturated carbocycles. The second kappa shape index (κ2) is 6.08. The Hall–Kier alpha value is -2.88. The molecular weight excluding hydrogens is 288 g/mol. The van der Waals surface area contributed by atoms with Gasteiger partial charge in [0.05, 0.1) is 5.56 Å². The molecule has 23 heavy (non-hydrogen) atoms. The molecule has 0 saturated heterocycles. The quantitative estimate of drug-likeness (QED) is 0.727. The van der Waals surface area contributed by atoms with E-state index in [2.05, 4.69) is 11.4 Å². The molecule has 4 nitrogen and oxygen atoms in total. The molecule has 0 radical (unpaired) electrons. The molecule has 0 heterocycles. The maximum absolute atomic E-state index is 12.8. The summed E-state index contributed by atoms with van der Waals surface area (Å²) < 4.78 is 0. The number of nitrogens with two attached hydrogens (primary N) is 1. The molecule has 2 amide bonds. The van der Waals surface area contributed by atoms with Crippen LogP contribution in [0.2, 0.25) is 0 Å². The van der Waals surface area contributed by atoms with Crippen molar-refractivity contribution in [2.75, 3.05) is 0 Å². The predicted octanol–water partition coefficient (Wildman–Crippen LogP) is 2.99. The van der Waals surface area contributed by atoms with Crippen LogP contribution in [0.4, 0.5) is 0 Å². The highest BCUT2D eigenvalue weighted by atomic mass is 16.2.